The summed E-state index contributed by atoms with van der Waals surface area (Å²) in [5.41, 5.74) is 6.55. The minimum absolute atomic E-state index is 0.0914. The summed E-state index contributed by atoms with van der Waals surface area (Å²) in [7, 11) is -5.24. The van der Waals surface area contributed by atoms with Crippen LogP contribution in [0, 0.1) is 23.3 Å². The molecule has 0 heterocycles. The Kier molecular flexibility index (Phi) is 7.12. The van der Waals surface area contributed by atoms with Gasteiger partial charge in [0.25, 0.3) is 0 Å². The van der Waals surface area contributed by atoms with Crippen molar-refractivity contribution in [3.05, 3.63) is 45.9 Å². The molecule has 13 heteroatoms. The van der Waals surface area contributed by atoms with Crippen LogP contribution in [0.15, 0.2) is 22.2 Å². The Morgan fingerprint density at radius 1 is 1.15 bits per heavy atom. The number of benzene rings is 1. The lowest BCUT2D eigenvalue weighted by molar-refractivity contribution is -0.139. The van der Waals surface area contributed by atoms with Gasteiger partial charge in [0.2, 0.25) is 0 Å². The minimum Gasteiger partial charge on any atom is -0.462 e. The molecule has 0 aliphatic rings. The molecule has 0 fully saturated rings. The van der Waals surface area contributed by atoms with Crippen LogP contribution in [0.2, 0.25) is 0 Å². The molecule has 1 aromatic carbocycles. The Hall–Kier alpha value is -2.63. The molecule has 0 aliphatic carbocycles. The quantitative estimate of drug-likeness (QED) is 0.0767. The number of nitrogens with zero attached hydrogens (tertiary/aromatic N) is 3. The SMILES string of the molecule is C=C(C)C(=O)OCCCOS(=O)(=O)c1c(F)c(F)c(N=[N+]=[N-])c(F)c1F. The van der Waals surface area contributed by atoms with E-state index in [-0.39, 0.29) is 18.6 Å². The van der Waals surface area contributed by atoms with Crippen molar-refractivity contribution < 1.29 is 39.7 Å². The molecule has 142 valence electrons. The van der Waals surface area contributed by atoms with Gasteiger partial charge in [-0.05, 0) is 12.5 Å². The highest BCUT2D eigenvalue weighted by atomic mass is 32.2. The van der Waals surface area contributed by atoms with Gasteiger partial charge in [-0.15, -0.1) is 0 Å². The molecule has 1 rings (SSSR count). The molecule has 0 aromatic heterocycles. The average molecular weight is 397 g/mol. The van der Waals surface area contributed by atoms with E-state index in [0.717, 1.165) is 0 Å². The molecule has 0 aliphatic heterocycles. The van der Waals surface area contributed by atoms with Crippen LogP contribution in [-0.4, -0.2) is 27.6 Å². The van der Waals surface area contributed by atoms with Crippen LogP contribution in [0.3, 0.4) is 0 Å². The molecule has 0 N–H and O–H groups in total. The lowest BCUT2D eigenvalue weighted by atomic mass is 10.2. The molecule has 0 amide bonds. The first-order valence-corrected chi connectivity index (χ1v) is 8.08. The molecule has 0 atom stereocenters. The van der Waals surface area contributed by atoms with E-state index in [9.17, 15) is 30.8 Å². The van der Waals surface area contributed by atoms with Crippen LogP contribution in [0.4, 0.5) is 23.2 Å². The van der Waals surface area contributed by atoms with Crippen LogP contribution >= 0.6 is 0 Å². The number of esters is 1. The van der Waals surface area contributed by atoms with Gasteiger partial charge in [-0.25, -0.2) is 22.4 Å². The summed E-state index contributed by atoms with van der Waals surface area (Å²) in [6, 6.07) is 0. The third kappa shape index (κ3) is 4.71. The van der Waals surface area contributed by atoms with Gasteiger partial charge in [-0.1, -0.05) is 11.7 Å². The van der Waals surface area contributed by atoms with Gasteiger partial charge >= 0.3 is 16.1 Å². The zero-order valence-electron chi connectivity index (χ0n) is 13.1. The average Bonchev–Trinajstić information content (AvgIpc) is 2.56. The van der Waals surface area contributed by atoms with Crippen LogP contribution < -0.4 is 0 Å². The number of halogens is 4. The van der Waals surface area contributed by atoms with E-state index in [1.807, 2.05) is 4.91 Å². The Morgan fingerprint density at radius 2 is 1.69 bits per heavy atom. The van der Waals surface area contributed by atoms with Crippen molar-refractivity contribution >= 4 is 21.8 Å². The second-order valence-corrected chi connectivity index (χ2v) is 6.22. The predicted octanol–water partition coefficient (Wildman–Crippen LogP) is 3.40. The Labute approximate surface area is 144 Å². The van der Waals surface area contributed by atoms with E-state index >= 15 is 0 Å². The third-order valence-electron chi connectivity index (χ3n) is 2.70. The standard InChI is InChI=1S/C13H11F4N3O5S/c1-6(2)13(21)24-4-3-5-25-26(22,23)12-9(16)7(14)11(19-20-18)8(15)10(12)17/h1,3-5H2,2H3. The highest BCUT2D eigenvalue weighted by molar-refractivity contribution is 7.86. The van der Waals surface area contributed by atoms with E-state index in [1.165, 1.54) is 6.92 Å². The number of hydrogen-bond acceptors (Lipinski definition) is 6. The van der Waals surface area contributed by atoms with Gasteiger partial charge in [0.05, 0.1) is 13.2 Å². The van der Waals surface area contributed by atoms with Crippen LogP contribution in [0.1, 0.15) is 13.3 Å². The van der Waals surface area contributed by atoms with E-state index in [0.29, 0.717) is 0 Å². The summed E-state index contributed by atoms with van der Waals surface area (Å²) in [6.07, 6.45) is -0.205. The van der Waals surface area contributed by atoms with E-state index in [2.05, 4.69) is 20.6 Å². The van der Waals surface area contributed by atoms with Gasteiger partial charge in [-0.3, -0.25) is 4.18 Å². The Morgan fingerprint density at radius 3 is 2.15 bits per heavy atom. The lowest BCUT2D eigenvalue weighted by Gasteiger charge is -2.10. The maximum absolute atomic E-state index is 13.8. The zero-order chi connectivity index (χ0) is 20.1. The fourth-order valence-electron chi connectivity index (χ4n) is 1.53. The maximum atomic E-state index is 13.8. The highest BCUT2D eigenvalue weighted by Crippen LogP contribution is 2.33. The van der Waals surface area contributed by atoms with Gasteiger partial charge in [0.1, 0.15) is 5.69 Å². The Balaban J connectivity index is 2.98. The van der Waals surface area contributed by atoms with Gasteiger partial charge in [0, 0.05) is 16.9 Å². The molecule has 8 nitrogen and oxygen atoms in total. The van der Waals surface area contributed by atoms with Crippen molar-refractivity contribution in [3.8, 4) is 0 Å². The molecule has 26 heavy (non-hydrogen) atoms. The second-order valence-electron chi connectivity index (χ2n) is 4.67. The molecule has 0 bridgehead atoms. The number of hydrogen-bond donors (Lipinski definition) is 0. The first-order chi connectivity index (χ1) is 12.0. The molecule has 1 aromatic rings. The van der Waals surface area contributed by atoms with Crippen molar-refractivity contribution in [1.29, 1.82) is 0 Å². The molecular weight excluding hydrogens is 386 g/mol. The van der Waals surface area contributed by atoms with Gasteiger partial charge in [-0.2, -0.15) is 8.42 Å². The molecule has 0 saturated heterocycles. The lowest BCUT2D eigenvalue weighted by Crippen LogP contribution is -2.16. The first-order valence-electron chi connectivity index (χ1n) is 6.67. The third-order valence-corrected chi connectivity index (χ3v) is 4.04. The molecule has 0 radical (unpaired) electrons. The normalized spacial score (nSPS) is 11.0. The fraction of sp³-hybridized carbons (Fsp3) is 0.308. The summed E-state index contributed by atoms with van der Waals surface area (Å²) in [6.45, 7) is 3.67. The van der Waals surface area contributed by atoms with E-state index < -0.39 is 56.5 Å². The number of carbonyl (C=O) groups excluding carboxylic acids is 1. The molecule has 0 saturated carbocycles. The second kappa shape index (κ2) is 8.65. The number of carbonyl (C=O) groups is 1. The highest BCUT2D eigenvalue weighted by Gasteiger charge is 2.33. The summed E-state index contributed by atoms with van der Waals surface area (Å²) in [4.78, 5) is 11.0. The summed E-state index contributed by atoms with van der Waals surface area (Å²) in [5, 5.41) is 2.43. The summed E-state index contributed by atoms with van der Waals surface area (Å²) < 4.78 is 87.2. The zero-order valence-corrected chi connectivity index (χ0v) is 13.9. The van der Waals surface area contributed by atoms with Gasteiger partial charge in [0.15, 0.2) is 28.2 Å². The summed E-state index contributed by atoms with van der Waals surface area (Å²) >= 11 is 0. The van der Waals surface area contributed by atoms with Crippen LogP contribution in [-0.2, 0) is 23.8 Å². The van der Waals surface area contributed by atoms with Crippen molar-refractivity contribution in [3.63, 3.8) is 0 Å². The molecular formula is C13H11F4N3O5S. The number of ether oxygens (including phenoxy) is 1. The smallest absolute Gasteiger partial charge is 0.333 e. The monoisotopic (exact) mass is 397 g/mol. The van der Waals surface area contributed by atoms with E-state index in [4.69, 9.17) is 5.53 Å². The minimum atomic E-state index is -5.24. The number of azide groups is 1. The summed E-state index contributed by atoms with van der Waals surface area (Å²) in [5.74, 6) is -9.75. The van der Waals surface area contributed by atoms with Crippen LogP contribution in [0.5, 0.6) is 0 Å². The largest absolute Gasteiger partial charge is 0.462 e. The van der Waals surface area contributed by atoms with Crippen molar-refractivity contribution in [1.82, 2.24) is 0 Å². The predicted molar refractivity (Wildman–Crippen MR) is 78.6 cm³/mol. The Bertz CT molecular complexity index is 869. The van der Waals surface area contributed by atoms with Crippen molar-refractivity contribution in [2.75, 3.05) is 13.2 Å². The first kappa shape index (κ1) is 21.4. The molecule has 0 spiro atoms. The fourth-order valence-corrected chi connectivity index (χ4v) is 2.60. The number of rotatable bonds is 8. The molecule has 0 unspecified atom stereocenters. The van der Waals surface area contributed by atoms with Crippen LogP contribution in [0.25, 0.3) is 10.4 Å². The van der Waals surface area contributed by atoms with Crippen molar-refractivity contribution in [2.24, 2.45) is 5.11 Å². The van der Waals surface area contributed by atoms with Gasteiger partial charge < -0.3 is 4.74 Å². The van der Waals surface area contributed by atoms with E-state index in [1.54, 1.807) is 0 Å². The van der Waals surface area contributed by atoms with Crippen molar-refractivity contribution in [2.45, 2.75) is 18.2 Å². The topological polar surface area (TPSA) is 118 Å². The maximum Gasteiger partial charge on any atom is 0.333 e.